The maximum absolute atomic E-state index is 13.3. The highest BCUT2D eigenvalue weighted by atomic mass is 35.5. The first-order valence-corrected chi connectivity index (χ1v) is 5.85. The van der Waals surface area contributed by atoms with E-state index < -0.39 is 42.4 Å². The summed E-state index contributed by atoms with van der Waals surface area (Å²) in [7, 11) is 0. The van der Waals surface area contributed by atoms with E-state index in [4.69, 9.17) is 0 Å². The molecule has 7 heteroatoms. The molecule has 3 N–H and O–H groups in total. The van der Waals surface area contributed by atoms with Crippen LogP contribution in [0, 0.1) is 5.92 Å². The van der Waals surface area contributed by atoms with Crippen molar-refractivity contribution in [2.24, 2.45) is 5.92 Å². The highest BCUT2D eigenvalue weighted by Gasteiger charge is 2.58. The number of carbonyl (C=O) groups is 1. The molecule has 0 radical (unpaired) electrons. The zero-order chi connectivity index (χ0) is 14.3. The number of aliphatic hydroxyl groups is 2. The molecule has 20 heavy (non-hydrogen) atoms. The highest BCUT2D eigenvalue weighted by molar-refractivity contribution is 5.85. The predicted molar refractivity (Wildman–Crippen MR) is 68.9 cm³/mol. The quantitative estimate of drug-likeness (QED) is 0.795. The third-order valence-electron chi connectivity index (χ3n) is 3.64. The van der Waals surface area contributed by atoms with Crippen LogP contribution < -0.4 is 0 Å². The van der Waals surface area contributed by atoms with Gasteiger partial charge >= 0.3 is 5.97 Å². The molecule has 1 aliphatic rings. The van der Waals surface area contributed by atoms with E-state index in [2.05, 4.69) is 0 Å². The molecule has 1 saturated carbocycles. The van der Waals surface area contributed by atoms with Gasteiger partial charge in [0.25, 0.3) is 5.92 Å². The van der Waals surface area contributed by atoms with Crippen molar-refractivity contribution in [2.75, 3.05) is 0 Å². The average molecular weight is 309 g/mol. The molecule has 1 aliphatic carbocycles. The molecular formula is C13H15ClF2O4. The van der Waals surface area contributed by atoms with Gasteiger partial charge in [-0.05, 0) is 12.0 Å². The second-order valence-corrected chi connectivity index (χ2v) is 4.85. The second-order valence-electron chi connectivity index (χ2n) is 4.85. The van der Waals surface area contributed by atoms with E-state index in [9.17, 15) is 28.9 Å². The first kappa shape index (κ1) is 16.8. The fourth-order valence-electron chi connectivity index (χ4n) is 2.53. The van der Waals surface area contributed by atoms with E-state index in [-0.39, 0.29) is 18.0 Å². The SMILES string of the molecule is Cl.O=C(O)[C@](O)(c1ccccc1)[C@@H]1CC(O)C(F)(F)C1. The van der Waals surface area contributed by atoms with E-state index in [0.717, 1.165) is 0 Å². The van der Waals surface area contributed by atoms with Gasteiger partial charge in [0, 0.05) is 12.3 Å². The van der Waals surface area contributed by atoms with Crippen molar-refractivity contribution < 1.29 is 28.9 Å². The molecule has 0 spiro atoms. The van der Waals surface area contributed by atoms with Crippen molar-refractivity contribution in [2.45, 2.75) is 30.5 Å². The lowest BCUT2D eigenvalue weighted by atomic mass is 9.80. The lowest BCUT2D eigenvalue weighted by Crippen LogP contribution is -2.42. The molecular weight excluding hydrogens is 294 g/mol. The van der Waals surface area contributed by atoms with Crippen molar-refractivity contribution in [3.63, 3.8) is 0 Å². The smallest absolute Gasteiger partial charge is 0.340 e. The van der Waals surface area contributed by atoms with Gasteiger partial charge in [0.05, 0.1) is 0 Å². The summed E-state index contributed by atoms with van der Waals surface area (Å²) in [5, 5.41) is 28.9. The topological polar surface area (TPSA) is 77.8 Å². The Bertz CT molecular complexity index is 483. The summed E-state index contributed by atoms with van der Waals surface area (Å²) in [4.78, 5) is 11.3. The van der Waals surface area contributed by atoms with Crippen molar-refractivity contribution in [1.82, 2.24) is 0 Å². The Labute approximate surface area is 120 Å². The molecule has 0 amide bonds. The summed E-state index contributed by atoms with van der Waals surface area (Å²) in [5.74, 6) is -6.20. The molecule has 0 heterocycles. The number of benzene rings is 1. The minimum atomic E-state index is -3.37. The number of alkyl halides is 2. The Kier molecular flexibility index (Phi) is 4.74. The molecule has 1 aromatic carbocycles. The monoisotopic (exact) mass is 308 g/mol. The van der Waals surface area contributed by atoms with Crippen LogP contribution in [-0.2, 0) is 10.4 Å². The largest absolute Gasteiger partial charge is 0.479 e. The van der Waals surface area contributed by atoms with Crippen LogP contribution in [0.5, 0.6) is 0 Å². The fraction of sp³-hybridized carbons (Fsp3) is 0.462. The Morgan fingerprint density at radius 2 is 1.85 bits per heavy atom. The normalized spacial score (nSPS) is 27.4. The molecule has 4 nitrogen and oxygen atoms in total. The van der Waals surface area contributed by atoms with E-state index in [0.29, 0.717) is 0 Å². The Hall–Kier alpha value is -1.24. The van der Waals surface area contributed by atoms with Gasteiger partial charge in [-0.1, -0.05) is 30.3 Å². The number of halogens is 3. The molecule has 0 bridgehead atoms. The zero-order valence-corrected chi connectivity index (χ0v) is 11.2. The number of hydrogen-bond acceptors (Lipinski definition) is 3. The molecule has 3 atom stereocenters. The van der Waals surface area contributed by atoms with Gasteiger partial charge in [0.1, 0.15) is 6.10 Å². The number of carboxylic acid groups (broad SMARTS) is 1. The maximum Gasteiger partial charge on any atom is 0.340 e. The van der Waals surface area contributed by atoms with Crippen molar-refractivity contribution in [1.29, 1.82) is 0 Å². The van der Waals surface area contributed by atoms with Gasteiger partial charge in [-0.25, -0.2) is 13.6 Å². The van der Waals surface area contributed by atoms with Gasteiger partial charge < -0.3 is 15.3 Å². The second kappa shape index (κ2) is 5.63. The molecule has 0 aliphatic heterocycles. The van der Waals surface area contributed by atoms with Crippen LogP contribution in [0.4, 0.5) is 8.78 Å². The number of rotatable bonds is 3. The standard InChI is InChI=1S/C13H14F2O4.ClH/c14-12(15)7-9(6-10(12)16)13(19,11(17)18)8-4-2-1-3-5-8;/h1-5,9-10,16,19H,6-7H2,(H,17,18);1H/t9-,10?,13+;/m1./s1. The lowest BCUT2D eigenvalue weighted by Gasteiger charge is -2.30. The third-order valence-corrected chi connectivity index (χ3v) is 3.64. The van der Waals surface area contributed by atoms with Crippen LogP contribution in [0.1, 0.15) is 18.4 Å². The minimum absolute atomic E-state index is 0. The van der Waals surface area contributed by atoms with Crippen LogP contribution >= 0.6 is 12.4 Å². The van der Waals surface area contributed by atoms with Crippen molar-refractivity contribution in [3.8, 4) is 0 Å². The van der Waals surface area contributed by atoms with Crippen molar-refractivity contribution >= 4 is 18.4 Å². The number of aliphatic carboxylic acids is 1. The first-order chi connectivity index (χ1) is 8.78. The van der Waals surface area contributed by atoms with Gasteiger partial charge in [0.15, 0.2) is 5.60 Å². The molecule has 1 unspecified atom stereocenters. The number of hydrogen-bond donors (Lipinski definition) is 3. The maximum atomic E-state index is 13.3. The van der Waals surface area contributed by atoms with Crippen molar-refractivity contribution in [3.05, 3.63) is 35.9 Å². The third kappa shape index (κ3) is 2.63. The molecule has 0 saturated heterocycles. The predicted octanol–water partition coefficient (Wildman–Crippen LogP) is 1.79. The first-order valence-electron chi connectivity index (χ1n) is 5.85. The Morgan fingerprint density at radius 1 is 1.30 bits per heavy atom. The molecule has 2 rings (SSSR count). The lowest BCUT2D eigenvalue weighted by molar-refractivity contribution is -0.167. The average Bonchev–Trinajstić information content (AvgIpc) is 2.64. The van der Waals surface area contributed by atoms with Gasteiger partial charge in [-0.2, -0.15) is 0 Å². The number of carboxylic acids is 1. The van der Waals surface area contributed by atoms with Crippen LogP contribution in [0.25, 0.3) is 0 Å². The van der Waals surface area contributed by atoms with Gasteiger partial charge in [0.2, 0.25) is 0 Å². The molecule has 112 valence electrons. The molecule has 1 aromatic rings. The molecule has 0 aromatic heterocycles. The van der Waals surface area contributed by atoms with E-state index in [1.807, 2.05) is 0 Å². The number of aliphatic hydroxyl groups excluding tert-OH is 1. The summed E-state index contributed by atoms with van der Waals surface area (Å²) in [6.45, 7) is 0. The van der Waals surface area contributed by atoms with Gasteiger partial charge in [-0.15, -0.1) is 12.4 Å². The summed E-state index contributed by atoms with van der Waals surface area (Å²) < 4.78 is 26.7. The van der Waals surface area contributed by atoms with Crippen LogP contribution in [0.3, 0.4) is 0 Å². The van der Waals surface area contributed by atoms with E-state index >= 15 is 0 Å². The van der Waals surface area contributed by atoms with Crippen LogP contribution in [-0.4, -0.2) is 33.3 Å². The van der Waals surface area contributed by atoms with E-state index in [1.54, 1.807) is 6.07 Å². The minimum Gasteiger partial charge on any atom is -0.479 e. The highest BCUT2D eigenvalue weighted by Crippen LogP contribution is 2.47. The zero-order valence-electron chi connectivity index (χ0n) is 10.4. The van der Waals surface area contributed by atoms with Crippen LogP contribution in [0.15, 0.2) is 30.3 Å². The fourth-order valence-corrected chi connectivity index (χ4v) is 2.53. The Morgan fingerprint density at radius 3 is 2.25 bits per heavy atom. The van der Waals surface area contributed by atoms with Gasteiger partial charge in [-0.3, -0.25) is 0 Å². The summed E-state index contributed by atoms with van der Waals surface area (Å²) in [5.41, 5.74) is -2.38. The van der Waals surface area contributed by atoms with E-state index in [1.165, 1.54) is 24.3 Å². The summed E-state index contributed by atoms with van der Waals surface area (Å²) in [6.07, 6.45) is -3.23. The van der Waals surface area contributed by atoms with Crippen LogP contribution in [0.2, 0.25) is 0 Å². The summed E-state index contributed by atoms with van der Waals surface area (Å²) >= 11 is 0. The summed E-state index contributed by atoms with van der Waals surface area (Å²) in [6, 6.07) is 7.41. The Balaban J connectivity index is 0.00000200. The molecule has 1 fully saturated rings.